The van der Waals surface area contributed by atoms with Crippen molar-refractivity contribution in [2.45, 2.75) is 12.1 Å². The van der Waals surface area contributed by atoms with Gasteiger partial charge in [-0.2, -0.15) is 0 Å². The Morgan fingerprint density at radius 2 is 1.75 bits per heavy atom. The minimum Gasteiger partial charge on any atom is -0.465 e. The minimum atomic E-state index is -0.436. The van der Waals surface area contributed by atoms with E-state index in [0.717, 1.165) is 11.3 Å². The Labute approximate surface area is 167 Å². The first-order valence-corrected chi connectivity index (χ1v) is 9.90. The molecule has 0 spiro atoms. The van der Waals surface area contributed by atoms with Crippen LogP contribution in [0.25, 0.3) is 11.3 Å². The van der Waals surface area contributed by atoms with Gasteiger partial charge in [0.25, 0.3) is 0 Å². The molecule has 2 aromatic carbocycles. The van der Waals surface area contributed by atoms with Crippen molar-refractivity contribution >= 4 is 29.3 Å². The van der Waals surface area contributed by atoms with Crippen LogP contribution in [-0.2, 0) is 14.3 Å². The van der Waals surface area contributed by atoms with Crippen molar-refractivity contribution in [3.8, 4) is 11.3 Å². The Morgan fingerprint density at radius 1 is 1.07 bits per heavy atom. The summed E-state index contributed by atoms with van der Waals surface area (Å²) in [4.78, 5) is 33.7. The highest BCUT2D eigenvalue weighted by molar-refractivity contribution is 7.99. The number of hydrogen-bond acceptors (Lipinski definition) is 5. The van der Waals surface area contributed by atoms with E-state index in [4.69, 9.17) is 4.74 Å². The normalized spacial score (nSPS) is 10.5. The fourth-order valence-corrected chi connectivity index (χ4v) is 3.34. The second-order valence-electron chi connectivity index (χ2n) is 5.88. The van der Waals surface area contributed by atoms with Crippen molar-refractivity contribution in [3.63, 3.8) is 0 Å². The quantitative estimate of drug-likeness (QED) is 0.464. The van der Waals surface area contributed by atoms with E-state index in [1.165, 1.54) is 16.7 Å². The number of amides is 1. The summed E-state index contributed by atoms with van der Waals surface area (Å²) >= 11 is 1.30. The number of thioether (sulfide) groups is 1. The van der Waals surface area contributed by atoms with Crippen LogP contribution < -0.4 is 4.90 Å². The summed E-state index contributed by atoms with van der Waals surface area (Å²) in [5.74, 6) is -0.480. The van der Waals surface area contributed by atoms with Crippen LogP contribution in [0.15, 0.2) is 72.0 Å². The maximum Gasteiger partial charge on any atom is 0.326 e. The summed E-state index contributed by atoms with van der Waals surface area (Å²) in [6, 6.07) is 18.9. The third kappa shape index (κ3) is 5.23. The number of anilines is 1. The third-order valence-corrected chi connectivity index (χ3v) is 4.80. The summed E-state index contributed by atoms with van der Waals surface area (Å²) in [7, 11) is 0. The van der Waals surface area contributed by atoms with Crippen LogP contribution in [0.1, 0.15) is 6.92 Å². The van der Waals surface area contributed by atoms with Crippen molar-refractivity contribution in [2.75, 3.05) is 23.8 Å². The Bertz CT molecular complexity index is 913. The predicted molar refractivity (Wildman–Crippen MR) is 110 cm³/mol. The number of benzene rings is 2. The Hall–Kier alpha value is -3.06. The number of carbonyl (C=O) groups excluding carboxylic acids is 2. The van der Waals surface area contributed by atoms with E-state index in [1.54, 1.807) is 25.3 Å². The van der Waals surface area contributed by atoms with Gasteiger partial charge in [-0.1, -0.05) is 60.3 Å². The van der Waals surface area contributed by atoms with Crippen molar-refractivity contribution < 1.29 is 14.3 Å². The molecule has 0 unspecified atom stereocenters. The Morgan fingerprint density at radius 3 is 2.43 bits per heavy atom. The van der Waals surface area contributed by atoms with E-state index < -0.39 is 5.97 Å². The van der Waals surface area contributed by atoms with E-state index in [1.807, 2.05) is 48.5 Å². The van der Waals surface area contributed by atoms with Gasteiger partial charge in [0.2, 0.25) is 5.91 Å². The molecule has 0 saturated carbocycles. The van der Waals surface area contributed by atoms with Crippen LogP contribution in [0.4, 0.5) is 5.69 Å². The topological polar surface area (TPSA) is 75.3 Å². The molecule has 1 N–H and O–H groups in total. The molecular weight excluding hydrogens is 374 g/mol. The van der Waals surface area contributed by atoms with Crippen LogP contribution in [0.2, 0.25) is 0 Å². The summed E-state index contributed by atoms with van der Waals surface area (Å²) in [6.07, 6.45) is 1.75. The van der Waals surface area contributed by atoms with Gasteiger partial charge in [0.1, 0.15) is 6.54 Å². The lowest BCUT2D eigenvalue weighted by molar-refractivity contribution is -0.142. The number of esters is 1. The molecule has 0 saturated heterocycles. The second-order valence-corrected chi connectivity index (χ2v) is 6.84. The molecule has 0 aliphatic carbocycles. The molecule has 28 heavy (non-hydrogen) atoms. The average molecular weight is 395 g/mol. The number of rotatable bonds is 8. The van der Waals surface area contributed by atoms with Gasteiger partial charge in [-0.25, -0.2) is 4.98 Å². The number of hydrogen-bond donors (Lipinski definition) is 1. The zero-order valence-corrected chi connectivity index (χ0v) is 16.3. The first-order chi connectivity index (χ1) is 13.7. The highest BCUT2D eigenvalue weighted by atomic mass is 32.2. The Balaban J connectivity index is 1.67. The van der Waals surface area contributed by atoms with E-state index in [9.17, 15) is 9.59 Å². The zero-order valence-electron chi connectivity index (χ0n) is 15.5. The smallest absolute Gasteiger partial charge is 0.326 e. The van der Waals surface area contributed by atoms with E-state index in [-0.39, 0.29) is 24.8 Å². The van der Waals surface area contributed by atoms with Crippen molar-refractivity contribution in [3.05, 3.63) is 66.9 Å². The van der Waals surface area contributed by atoms with Gasteiger partial charge in [-0.05, 0) is 24.6 Å². The lowest BCUT2D eigenvalue weighted by atomic mass is 10.2. The number of aromatic amines is 1. The van der Waals surface area contributed by atoms with Crippen LogP contribution in [-0.4, -0.2) is 40.7 Å². The van der Waals surface area contributed by atoms with E-state index in [2.05, 4.69) is 9.97 Å². The molecule has 144 valence electrons. The van der Waals surface area contributed by atoms with Crippen LogP contribution in [0.5, 0.6) is 0 Å². The maximum absolute atomic E-state index is 12.8. The number of H-pyrrole nitrogens is 1. The molecule has 0 bridgehead atoms. The number of aromatic nitrogens is 2. The largest absolute Gasteiger partial charge is 0.465 e. The van der Waals surface area contributed by atoms with Gasteiger partial charge in [0, 0.05) is 5.69 Å². The van der Waals surface area contributed by atoms with Crippen molar-refractivity contribution in [2.24, 2.45) is 0 Å². The molecule has 0 aliphatic rings. The summed E-state index contributed by atoms with van der Waals surface area (Å²) < 4.78 is 5.00. The van der Waals surface area contributed by atoms with Gasteiger partial charge < -0.3 is 14.6 Å². The first kappa shape index (κ1) is 19.7. The first-order valence-electron chi connectivity index (χ1n) is 8.91. The molecule has 0 fully saturated rings. The molecule has 0 aliphatic heterocycles. The average Bonchev–Trinajstić information content (AvgIpc) is 3.21. The molecule has 7 heteroatoms. The lowest BCUT2D eigenvalue weighted by Gasteiger charge is -2.21. The van der Waals surface area contributed by atoms with Crippen molar-refractivity contribution in [1.29, 1.82) is 0 Å². The number of ether oxygens (including phenoxy) is 1. The highest BCUT2D eigenvalue weighted by Gasteiger charge is 2.20. The summed E-state index contributed by atoms with van der Waals surface area (Å²) in [6.45, 7) is 1.90. The molecule has 6 nitrogen and oxygen atoms in total. The second kappa shape index (κ2) is 9.75. The standard InChI is InChI=1S/C21H21N3O3S/c1-2-27-20(26)14-24(17-11-7-4-8-12-17)19(25)15-28-21-22-13-18(23-21)16-9-5-3-6-10-16/h3-13H,2,14-15H2,1H3,(H,22,23). The number of nitrogens with zero attached hydrogens (tertiary/aromatic N) is 2. The predicted octanol–water partition coefficient (Wildman–Crippen LogP) is 3.77. The third-order valence-electron chi connectivity index (χ3n) is 3.93. The van der Waals surface area contributed by atoms with Gasteiger partial charge in [-0.3, -0.25) is 9.59 Å². The molecular formula is C21H21N3O3S. The number of nitrogens with one attached hydrogen (secondary N) is 1. The minimum absolute atomic E-state index is 0.120. The van der Waals surface area contributed by atoms with Gasteiger partial charge in [0.05, 0.1) is 24.3 Å². The van der Waals surface area contributed by atoms with Gasteiger partial charge >= 0.3 is 5.97 Å². The van der Waals surface area contributed by atoms with E-state index >= 15 is 0 Å². The summed E-state index contributed by atoms with van der Waals surface area (Å²) in [5.41, 5.74) is 2.58. The van der Waals surface area contributed by atoms with Crippen LogP contribution in [0.3, 0.4) is 0 Å². The summed E-state index contributed by atoms with van der Waals surface area (Å²) in [5, 5.41) is 0.649. The van der Waals surface area contributed by atoms with E-state index in [0.29, 0.717) is 10.8 Å². The van der Waals surface area contributed by atoms with Gasteiger partial charge in [0.15, 0.2) is 5.16 Å². The number of imidazole rings is 1. The molecule has 0 radical (unpaired) electrons. The molecule has 3 aromatic rings. The lowest BCUT2D eigenvalue weighted by Crippen LogP contribution is -2.37. The molecule has 0 atom stereocenters. The van der Waals surface area contributed by atoms with Crippen LogP contribution >= 0.6 is 11.8 Å². The molecule has 1 amide bonds. The fraction of sp³-hybridized carbons (Fsp3) is 0.190. The molecule has 3 rings (SSSR count). The number of carbonyl (C=O) groups is 2. The monoisotopic (exact) mass is 395 g/mol. The Kier molecular flexibility index (Phi) is 6.86. The van der Waals surface area contributed by atoms with Crippen LogP contribution in [0, 0.1) is 0 Å². The van der Waals surface area contributed by atoms with Gasteiger partial charge in [-0.15, -0.1) is 0 Å². The molecule has 1 aromatic heterocycles. The molecule has 1 heterocycles. The zero-order chi connectivity index (χ0) is 19.8. The maximum atomic E-state index is 12.8. The highest BCUT2D eigenvalue weighted by Crippen LogP contribution is 2.22. The fourth-order valence-electron chi connectivity index (χ4n) is 2.62. The number of para-hydroxylation sites is 1. The SMILES string of the molecule is CCOC(=O)CN(C(=O)CSc1ncc(-c2ccccc2)[nH]1)c1ccccc1. The van der Waals surface area contributed by atoms with Crippen molar-refractivity contribution in [1.82, 2.24) is 9.97 Å².